The van der Waals surface area contributed by atoms with Crippen molar-refractivity contribution in [3.05, 3.63) is 29.1 Å². The van der Waals surface area contributed by atoms with E-state index in [0.717, 1.165) is 11.8 Å². The summed E-state index contributed by atoms with van der Waals surface area (Å²) in [6.07, 6.45) is 4.26. The van der Waals surface area contributed by atoms with Gasteiger partial charge in [0.25, 0.3) is 0 Å². The number of rotatable bonds is 3. The Morgan fingerprint density at radius 1 is 1.35 bits per heavy atom. The first-order chi connectivity index (χ1) is 9.16. The van der Waals surface area contributed by atoms with E-state index in [9.17, 15) is 10.1 Å². The number of H-pyrrole nitrogens is 1. The van der Waals surface area contributed by atoms with Gasteiger partial charge in [0.1, 0.15) is 16.9 Å². The number of aromatic nitrogens is 6. The molecule has 0 saturated carbocycles. The van der Waals surface area contributed by atoms with Crippen LogP contribution in [0.1, 0.15) is 0 Å². The normalized spacial score (nSPS) is 10.4. The summed E-state index contributed by atoms with van der Waals surface area (Å²) < 4.78 is 1.58. The van der Waals surface area contributed by atoms with Gasteiger partial charge in [-0.2, -0.15) is 0 Å². The number of nitrogens with one attached hydrogen (secondary N) is 1. The van der Waals surface area contributed by atoms with Gasteiger partial charge in [-0.1, -0.05) is 0 Å². The van der Waals surface area contributed by atoms with E-state index in [1.54, 1.807) is 11.6 Å². The Balaban J connectivity index is 0.00000147. The smallest absolute Gasteiger partial charge is 0.358 e. The first kappa shape index (κ1) is 14.8. The number of nitro groups is 1. The predicted octanol–water partition coefficient (Wildman–Crippen LogP) is 0.765. The summed E-state index contributed by atoms with van der Waals surface area (Å²) in [5.74, 6) is -0.196. The molecular weight excluding hydrogens is 477 g/mol. The maximum Gasteiger partial charge on any atom is 4.00 e. The second-order valence-electron chi connectivity index (χ2n) is 3.62. The molecule has 11 heteroatoms. The molecule has 0 spiro atoms. The van der Waals surface area contributed by atoms with Crippen LogP contribution in [0.4, 0.5) is 5.82 Å². The molecule has 0 aromatic carbocycles. The Morgan fingerprint density at radius 3 is 2.90 bits per heavy atom. The Bertz CT molecular complexity index is 771. The Hall–Kier alpha value is -1.57. The van der Waals surface area contributed by atoms with Crippen LogP contribution in [0, 0.1) is 10.1 Å². The minimum Gasteiger partial charge on any atom is -0.358 e. The van der Waals surface area contributed by atoms with Crippen LogP contribution in [0.2, 0.25) is 0 Å². The van der Waals surface area contributed by atoms with Gasteiger partial charge in [0.05, 0.1) is 6.33 Å². The second kappa shape index (κ2) is 5.82. The maximum absolute atomic E-state index is 10.9. The molecule has 0 atom stereocenters. The van der Waals surface area contributed by atoms with Gasteiger partial charge >= 0.3 is 33.1 Å². The number of aryl methyl sites for hydroxylation is 1. The third-order valence-corrected chi connectivity index (χ3v) is 3.59. The molecule has 96 valence electrons. The zero-order chi connectivity index (χ0) is 13.4. The van der Waals surface area contributed by atoms with Crippen molar-refractivity contribution in [3.8, 4) is 0 Å². The molecule has 3 heterocycles. The average Bonchev–Trinajstić information content (AvgIpc) is 2.97. The van der Waals surface area contributed by atoms with E-state index in [2.05, 4.69) is 24.9 Å². The van der Waals surface area contributed by atoms with Crippen molar-refractivity contribution in [2.45, 2.75) is 10.1 Å². The van der Waals surface area contributed by atoms with Crippen molar-refractivity contribution in [1.29, 1.82) is 0 Å². The molecule has 3 rings (SSSR count). The number of aromatic amines is 1. The third kappa shape index (κ3) is 2.52. The fourth-order valence-corrected chi connectivity index (χ4v) is 2.51. The molecule has 0 bridgehead atoms. The van der Waals surface area contributed by atoms with E-state index in [1.165, 1.54) is 19.0 Å². The molecule has 0 aliphatic carbocycles. The van der Waals surface area contributed by atoms with Crippen LogP contribution < -0.4 is 0 Å². The molecule has 9 nitrogen and oxygen atoms in total. The molecule has 0 amide bonds. The quantitative estimate of drug-likeness (QED) is 0.253. The first-order valence-corrected chi connectivity index (χ1v) is 5.96. The van der Waals surface area contributed by atoms with Crippen LogP contribution in [0.3, 0.4) is 0 Å². The molecule has 0 fully saturated rings. The predicted molar refractivity (Wildman–Crippen MR) is 71.4 cm³/mol. The molecular formula is C9H7N7O2PbS+4. The molecule has 1 N–H and O–H groups in total. The van der Waals surface area contributed by atoms with Crippen molar-refractivity contribution in [2.24, 2.45) is 7.05 Å². The van der Waals surface area contributed by atoms with E-state index in [-0.39, 0.29) is 33.1 Å². The van der Waals surface area contributed by atoms with Gasteiger partial charge in [-0.15, -0.1) is 0 Å². The molecule has 0 unspecified atom stereocenters. The fourth-order valence-electron chi connectivity index (χ4n) is 1.56. The third-order valence-electron chi connectivity index (χ3n) is 2.42. The van der Waals surface area contributed by atoms with Crippen LogP contribution >= 0.6 is 11.8 Å². The summed E-state index contributed by atoms with van der Waals surface area (Å²) in [6.45, 7) is 0. The molecule has 0 aliphatic rings. The second-order valence-corrected chi connectivity index (χ2v) is 4.60. The van der Waals surface area contributed by atoms with Crippen molar-refractivity contribution in [1.82, 2.24) is 29.5 Å². The van der Waals surface area contributed by atoms with Gasteiger partial charge in [0, 0.05) is 7.05 Å². The maximum atomic E-state index is 10.9. The SMILES string of the molecule is Cn1cnc([N+](=O)[O-])c1Sc1ncnc2nc[nH]c12.[Pb+4]. The topological polar surface area (TPSA) is 115 Å². The number of nitrogens with zero attached hydrogens (tertiary/aromatic N) is 6. The van der Waals surface area contributed by atoms with Crippen LogP contribution in [-0.2, 0) is 7.05 Å². The van der Waals surface area contributed by atoms with Crippen molar-refractivity contribution in [3.63, 3.8) is 0 Å². The molecule has 0 radical (unpaired) electrons. The standard InChI is InChI=1S/C9H7N7O2S.Pb/c1-15-4-14-7(16(17)18)9(15)19-8-5-6(11-2-10-5)12-3-13-8;/h2-4H,1H3,(H,10,11,12,13);/q;+4. The van der Waals surface area contributed by atoms with E-state index < -0.39 is 4.92 Å². The molecule has 0 aliphatic heterocycles. The number of fused-ring (bicyclic) bond motifs is 1. The Morgan fingerprint density at radius 2 is 2.15 bits per heavy atom. The fraction of sp³-hybridized carbons (Fsp3) is 0.111. The minimum absolute atomic E-state index is 0. The van der Waals surface area contributed by atoms with E-state index in [0.29, 0.717) is 21.2 Å². The minimum atomic E-state index is -0.520. The largest absolute Gasteiger partial charge is 4.00 e. The van der Waals surface area contributed by atoms with Crippen LogP contribution in [0.5, 0.6) is 0 Å². The van der Waals surface area contributed by atoms with Gasteiger partial charge in [0.15, 0.2) is 10.7 Å². The van der Waals surface area contributed by atoms with Gasteiger partial charge < -0.3 is 19.7 Å². The zero-order valence-corrected chi connectivity index (χ0v) is 14.8. The van der Waals surface area contributed by atoms with Crippen molar-refractivity contribution < 1.29 is 4.92 Å². The van der Waals surface area contributed by atoms with E-state index >= 15 is 0 Å². The zero-order valence-electron chi connectivity index (χ0n) is 10.1. The summed E-state index contributed by atoms with van der Waals surface area (Å²) >= 11 is 1.15. The van der Waals surface area contributed by atoms with Crippen LogP contribution in [-0.4, -0.2) is 61.7 Å². The van der Waals surface area contributed by atoms with Gasteiger partial charge in [-0.05, 0) is 21.7 Å². The Labute approximate surface area is 136 Å². The number of hydrogen-bond donors (Lipinski definition) is 1. The monoisotopic (exact) mass is 485 g/mol. The molecule has 3 aromatic rings. The van der Waals surface area contributed by atoms with Gasteiger partial charge in [-0.3, -0.25) is 0 Å². The van der Waals surface area contributed by atoms with Crippen molar-refractivity contribution >= 4 is 56.0 Å². The van der Waals surface area contributed by atoms with Gasteiger partial charge in [0.2, 0.25) is 6.33 Å². The van der Waals surface area contributed by atoms with E-state index in [1.807, 2.05) is 0 Å². The van der Waals surface area contributed by atoms with Crippen LogP contribution in [0.15, 0.2) is 29.0 Å². The van der Waals surface area contributed by atoms with Gasteiger partial charge in [-0.25, -0.2) is 15.0 Å². The summed E-state index contributed by atoms with van der Waals surface area (Å²) in [5.41, 5.74) is 1.16. The van der Waals surface area contributed by atoms with E-state index in [4.69, 9.17) is 0 Å². The number of imidazole rings is 2. The van der Waals surface area contributed by atoms with Crippen molar-refractivity contribution in [2.75, 3.05) is 0 Å². The summed E-state index contributed by atoms with van der Waals surface area (Å²) in [6, 6.07) is 0. The molecule has 3 aromatic heterocycles. The Kier molecular flexibility index (Phi) is 4.32. The first-order valence-electron chi connectivity index (χ1n) is 5.14. The average molecular weight is 484 g/mol. The number of hydrogen-bond acceptors (Lipinski definition) is 7. The molecule has 20 heavy (non-hydrogen) atoms. The molecule has 0 saturated heterocycles. The summed E-state index contributed by atoms with van der Waals surface area (Å²) in [7, 11) is 1.69. The van der Waals surface area contributed by atoms with Crippen LogP contribution in [0.25, 0.3) is 11.2 Å². The summed E-state index contributed by atoms with van der Waals surface area (Å²) in [4.78, 5) is 29.2. The summed E-state index contributed by atoms with van der Waals surface area (Å²) in [5, 5.41) is 11.9.